The number of morpholine rings is 1. The van der Waals surface area contributed by atoms with Crippen LogP contribution < -0.4 is 9.62 Å². The first-order chi connectivity index (χ1) is 9.11. The van der Waals surface area contributed by atoms with Crippen LogP contribution in [0, 0.1) is 0 Å². The Hall–Kier alpha value is -1.18. The van der Waals surface area contributed by atoms with Crippen molar-refractivity contribution in [2.24, 2.45) is 0 Å². The summed E-state index contributed by atoms with van der Waals surface area (Å²) >= 11 is 0. The average Bonchev–Trinajstić information content (AvgIpc) is 2.47. The van der Waals surface area contributed by atoms with Gasteiger partial charge in [0.1, 0.15) is 5.82 Å². The van der Waals surface area contributed by atoms with Gasteiger partial charge in [0.05, 0.1) is 19.0 Å². The lowest BCUT2D eigenvalue weighted by molar-refractivity contribution is 0.122. The number of hydrogen-bond donors (Lipinski definition) is 1. The van der Waals surface area contributed by atoms with Gasteiger partial charge in [-0.25, -0.2) is 18.1 Å². The maximum absolute atomic E-state index is 11.3. The van der Waals surface area contributed by atoms with Gasteiger partial charge in [-0.3, -0.25) is 0 Å². The molecule has 2 rings (SSSR count). The highest BCUT2D eigenvalue weighted by molar-refractivity contribution is 7.89. The lowest BCUT2D eigenvalue weighted by Crippen LogP contribution is -2.36. The molecule has 0 atom stereocenters. The number of nitrogens with zero attached hydrogens (tertiary/aromatic N) is 2. The van der Waals surface area contributed by atoms with Crippen LogP contribution in [0.15, 0.2) is 18.3 Å². The van der Waals surface area contributed by atoms with E-state index >= 15 is 0 Å². The highest BCUT2D eigenvalue weighted by Gasteiger charge is 2.12. The minimum atomic E-state index is -3.15. The Morgan fingerprint density at radius 2 is 2.11 bits per heavy atom. The molecule has 0 unspecified atom stereocenters. The summed E-state index contributed by atoms with van der Waals surface area (Å²) in [6, 6.07) is 3.82. The van der Waals surface area contributed by atoms with Gasteiger partial charge < -0.3 is 9.64 Å². The fourth-order valence-corrected chi connectivity index (χ4v) is 2.39. The first kappa shape index (κ1) is 14.2. The maximum Gasteiger partial charge on any atom is 0.211 e. The number of sulfonamides is 1. The Labute approximate surface area is 113 Å². The maximum atomic E-state index is 11.3. The molecule has 2 heterocycles. The van der Waals surface area contributed by atoms with Gasteiger partial charge in [0.2, 0.25) is 10.0 Å². The highest BCUT2D eigenvalue weighted by atomic mass is 32.2. The Kier molecular flexibility index (Phi) is 4.73. The van der Waals surface area contributed by atoms with Crippen LogP contribution in [-0.4, -0.2) is 45.5 Å². The van der Waals surface area contributed by atoms with E-state index in [1.807, 2.05) is 12.1 Å². The zero-order valence-electron chi connectivity index (χ0n) is 11.0. The standard InChI is InChI=1S/C12H19N3O3S/c1-2-19(16,17)14-10-11-3-4-12(13-9-11)15-5-7-18-8-6-15/h3-4,9,14H,2,5-8,10H2,1H3. The van der Waals surface area contributed by atoms with Crippen LogP contribution in [0.1, 0.15) is 12.5 Å². The van der Waals surface area contributed by atoms with Crippen LogP contribution in [0.5, 0.6) is 0 Å². The summed E-state index contributed by atoms with van der Waals surface area (Å²) in [6.45, 7) is 5.03. The van der Waals surface area contributed by atoms with E-state index in [1.54, 1.807) is 13.1 Å². The van der Waals surface area contributed by atoms with Crippen molar-refractivity contribution in [1.29, 1.82) is 0 Å². The van der Waals surface area contributed by atoms with E-state index < -0.39 is 10.0 Å². The largest absolute Gasteiger partial charge is 0.378 e. The van der Waals surface area contributed by atoms with Crippen molar-refractivity contribution in [1.82, 2.24) is 9.71 Å². The van der Waals surface area contributed by atoms with Gasteiger partial charge in [0, 0.05) is 25.8 Å². The van der Waals surface area contributed by atoms with E-state index in [1.165, 1.54) is 0 Å². The number of ether oxygens (including phenoxy) is 1. The molecule has 0 radical (unpaired) electrons. The van der Waals surface area contributed by atoms with Gasteiger partial charge in [-0.15, -0.1) is 0 Å². The van der Waals surface area contributed by atoms with E-state index in [2.05, 4.69) is 14.6 Å². The van der Waals surface area contributed by atoms with Gasteiger partial charge >= 0.3 is 0 Å². The Bertz CT molecular complexity index is 495. The molecule has 1 aliphatic rings. The summed E-state index contributed by atoms with van der Waals surface area (Å²) in [5, 5.41) is 0. The molecule has 1 saturated heterocycles. The smallest absolute Gasteiger partial charge is 0.211 e. The summed E-state index contributed by atoms with van der Waals surface area (Å²) in [7, 11) is -3.15. The molecule has 106 valence electrons. The van der Waals surface area contributed by atoms with Gasteiger partial charge in [-0.05, 0) is 18.6 Å². The monoisotopic (exact) mass is 285 g/mol. The molecule has 0 aliphatic carbocycles. The number of aromatic nitrogens is 1. The van der Waals surface area contributed by atoms with Crippen molar-refractivity contribution in [3.8, 4) is 0 Å². The minimum Gasteiger partial charge on any atom is -0.378 e. The van der Waals surface area contributed by atoms with E-state index in [9.17, 15) is 8.42 Å². The number of anilines is 1. The normalized spacial score (nSPS) is 16.6. The molecular weight excluding hydrogens is 266 g/mol. The lowest BCUT2D eigenvalue weighted by atomic mass is 10.3. The van der Waals surface area contributed by atoms with Crippen molar-refractivity contribution < 1.29 is 13.2 Å². The molecule has 0 aromatic carbocycles. The quantitative estimate of drug-likeness (QED) is 0.845. The number of nitrogens with one attached hydrogen (secondary N) is 1. The molecule has 1 N–H and O–H groups in total. The molecule has 7 heteroatoms. The molecule has 0 saturated carbocycles. The number of hydrogen-bond acceptors (Lipinski definition) is 5. The average molecular weight is 285 g/mol. The molecule has 0 amide bonds. The molecule has 6 nitrogen and oxygen atoms in total. The van der Waals surface area contributed by atoms with Crippen LogP contribution in [-0.2, 0) is 21.3 Å². The predicted molar refractivity (Wildman–Crippen MR) is 73.6 cm³/mol. The zero-order valence-corrected chi connectivity index (χ0v) is 11.8. The van der Waals surface area contributed by atoms with Crippen LogP contribution >= 0.6 is 0 Å². The SMILES string of the molecule is CCS(=O)(=O)NCc1ccc(N2CCOCC2)nc1. The third-order valence-corrected chi connectivity index (χ3v) is 4.36. The molecular formula is C12H19N3O3S. The summed E-state index contributed by atoms with van der Waals surface area (Å²) in [5.74, 6) is 0.997. The lowest BCUT2D eigenvalue weighted by Gasteiger charge is -2.27. The first-order valence-electron chi connectivity index (χ1n) is 6.35. The summed E-state index contributed by atoms with van der Waals surface area (Å²) < 4.78 is 30.5. The summed E-state index contributed by atoms with van der Waals surface area (Å²) in [5.41, 5.74) is 0.856. The molecule has 1 aliphatic heterocycles. The van der Waals surface area contributed by atoms with Gasteiger partial charge in [0.15, 0.2) is 0 Å². The summed E-state index contributed by atoms with van der Waals surface area (Å²) in [4.78, 5) is 6.52. The molecule has 0 bridgehead atoms. The van der Waals surface area contributed by atoms with E-state index in [0.717, 1.165) is 37.7 Å². The first-order valence-corrected chi connectivity index (χ1v) is 8.01. The third-order valence-electron chi connectivity index (χ3n) is 3.02. The second kappa shape index (κ2) is 6.31. The summed E-state index contributed by atoms with van der Waals surface area (Å²) in [6.07, 6.45) is 1.71. The Balaban J connectivity index is 1.94. The van der Waals surface area contributed by atoms with Crippen molar-refractivity contribution in [2.75, 3.05) is 37.0 Å². The minimum absolute atomic E-state index is 0.0896. The Morgan fingerprint density at radius 3 is 2.68 bits per heavy atom. The highest BCUT2D eigenvalue weighted by Crippen LogP contribution is 2.13. The van der Waals surface area contributed by atoms with Crippen molar-refractivity contribution in [2.45, 2.75) is 13.5 Å². The van der Waals surface area contributed by atoms with Crippen molar-refractivity contribution >= 4 is 15.8 Å². The van der Waals surface area contributed by atoms with Crippen LogP contribution in [0.25, 0.3) is 0 Å². The van der Waals surface area contributed by atoms with E-state index in [-0.39, 0.29) is 12.3 Å². The molecule has 1 aromatic heterocycles. The van der Waals surface area contributed by atoms with Crippen molar-refractivity contribution in [3.63, 3.8) is 0 Å². The fraction of sp³-hybridized carbons (Fsp3) is 0.583. The third kappa shape index (κ3) is 4.15. The molecule has 1 aromatic rings. The number of rotatable bonds is 5. The fourth-order valence-electron chi connectivity index (χ4n) is 1.80. The predicted octanol–water partition coefficient (Wildman–Crippen LogP) is 0.357. The molecule has 19 heavy (non-hydrogen) atoms. The van der Waals surface area contributed by atoms with Crippen molar-refractivity contribution in [3.05, 3.63) is 23.9 Å². The van der Waals surface area contributed by atoms with Gasteiger partial charge in [-0.1, -0.05) is 6.07 Å². The van der Waals surface area contributed by atoms with Gasteiger partial charge in [-0.2, -0.15) is 0 Å². The Morgan fingerprint density at radius 1 is 1.37 bits per heavy atom. The number of pyridine rings is 1. The topological polar surface area (TPSA) is 71.5 Å². The second-order valence-electron chi connectivity index (χ2n) is 4.35. The zero-order chi connectivity index (χ0) is 13.7. The van der Waals surface area contributed by atoms with Crippen LogP contribution in [0.2, 0.25) is 0 Å². The van der Waals surface area contributed by atoms with Crippen LogP contribution in [0.3, 0.4) is 0 Å². The van der Waals surface area contributed by atoms with E-state index in [0.29, 0.717) is 0 Å². The second-order valence-corrected chi connectivity index (χ2v) is 6.44. The van der Waals surface area contributed by atoms with Crippen LogP contribution in [0.4, 0.5) is 5.82 Å². The van der Waals surface area contributed by atoms with Gasteiger partial charge in [0.25, 0.3) is 0 Å². The molecule has 1 fully saturated rings. The van der Waals surface area contributed by atoms with E-state index in [4.69, 9.17) is 4.74 Å². The molecule has 0 spiro atoms.